The molecule has 0 aliphatic rings. The number of hydrogen-bond donors (Lipinski definition) is 1. The minimum Gasteiger partial charge on any atom is -0.377 e. The topological polar surface area (TPSA) is 37.8 Å². The summed E-state index contributed by atoms with van der Waals surface area (Å²) in [6, 6.07) is 1.69. The Morgan fingerprint density at radius 1 is 1.27 bits per heavy atom. The van der Waals surface area contributed by atoms with Crippen LogP contribution in [0.25, 0.3) is 0 Å². The Morgan fingerprint density at radius 2 is 1.87 bits per heavy atom. The predicted octanol–water partition coefficient (Wildman–Crippen LogP) is 3.77. The van der Waals surface area contributed by atoms with Crippen LogP contribution in [0.15, 0.2) is 6.07 Å². The summed E-state index contributed by atoms with van der Waals surface area (Å²) in [6.45, 7) is 6.39. The van der Waals surface area contributed by atoms with Crippen LogP contribution in [0.4, 0.5) is 5.69 Å². The van der Waals surface area contributed by atoms with Crippen LogP contribution in [0, 0.1) is 0 Å². The maximum atomic E-state index is 5.92. The quantitative estimate of drug-likeness (QED) is 0.881. The number of nitrogens with zero attached hydrogens (tertiary/aromatic N) is 2. The highest BCUT2D eigenvalue weighted by molar-refractivity contribution is 6.33. The van der Waals surface area contributed by atoms with E-state index < -0.39 is 0 Å². The summed E-state index contributed by atoms with van der Waals surface area (Å²) in [6.07, 6.45) is 2.00. The van der Waals surface area contributed by atoms with E-state index in [9.17, 15) is 0 Å². The molecule has 1 aromatic rings. The number of hydrogen-bond acceptors (Lipinski definition) is 3. The van der Waals surface area contributed by atoms with E-state index in [-0.39, 0.29) is 5.54 Å². The van der Waals surface area contributed by atoms with Gasteiger partial charge in [0.1, 0.15) is 0 Å². The smallest absolute Gasteiger partial charge is 0.174 e. The Balaban J connectivity index is 2.92. The van der Waals surface area contributed by atoms with Crippen LogP contribution in [0.1, 0.15) is 33.6 Å². The molecule has 0 unspecified atom stereocenters. The summed E-state index contributed by atoms with van der Waals surface area (Å²) in [5.41, 5.74) is 0.749. The maximum absolute atomic E-state index is 5.92. The standard InChI is InChI=1S/C10H15Cl2N3/c1-4-10(3,5-2)13-7-6-8(11)14-15-9(7)12/h6H,4-5H2,1-3H3,(H,13,14). The van der Waals surface area contributed by atoms with Gasteiger partial charge in [0.15, 0.2) is 10.3 Å². The molecule has 84 valence electrons. The summed E-state index contributed by atoms with van der Waals surface area (Å²) >= 11 is 11.7. The first-order chi connectivity index (χ1) is 7.00. The number of anilines is 1. The second kappa shape index (κ2) is 4.99. The van der Waals surface area contributed by atoms with Crippen molar-refractivity contribution in [2.45, 2.75) is 39.2 Å². The molecule has 0 radical (unpaired) electrons. The van der Waals surface area contributed by atoms with Crippen LogP contribution in [-0.4, -0.2) is 15.7 Å². The number of halogens is 2. The van der Waals surface area contributed by atoms with Crippen molar-refractivity contribution in [3.05, 3.63) is 16.4 Å². The zero-order valence-electron chi connectivity index (χ0n) is 9.14. The fourth-order valence-electron chi connectivity index (χ4n) is 1.19. The van der Waals surface area contributed by atoms with Gasteiger partial charge in [0.25, 0.3) is 0 Å². The highest BCUT2D eigenvalue weighted by Gasteiger charge is 2.20. The SMILES string of the molecule is CCC(C)(CC)Nc1cc(Cl)nnc1Cl. The van der Waals surface area contributed by atoms with Crippen LogP contribution >= 0.6 is 23.2 Å². The largest absolute Gasteiger partial charge is 0.377 e. The van der Waals surface area contributed by atoms with E-state index in [1.807, 2.05) is 0 Å². The van der Waals surface area contributed by atoms with Crippen LogP contribution in [0.5, 0.6) is 0 Å². The van der Waals surface area contributed by atoms with Gasteiger partial charge in [0.2, 0.25) is 0 Å². The molecule has 0 aliphatic heterocycles. The summed E-state index contributed by atoms with van der Waals surface area (Å²) in [4.78, 5) is 0. The molecule has 0 spiro atoms. The molecule has 3 nitrogen and oxygen atoms in total. The Morgan fingerprint density at radius 3 is 2.40 bits per heavy atom. The lowest BCUT2D eigenvalue weighted by molar-refractivity contribution is 0.478. The Bertz CT molecular complexity index is 337. The monoisotopic (exact) mass is 247 g/mol. The van der Waals surface area contributed by atoms with E-state index >= 15 is 0 Å². The van der Waals surface area contributed by atoms with Crippen molar-refractivity contribution < 1.29 is 0 Å². The molecule has 0 fully saturated rings. The molecule has 0 bridgehead atoms. The molecule has 0 saturated carbocycles. The highest BCUT2D eigenvalue weighted by Crippen LogP contribution is 2.27. The third-order valence-electron chi connectivity index (χ3n) is 2.72. The number of aromatic nitrogens is 2. The molecule has 0 atom stereocenters. The molecule has 1 rings (SSSR count). The van der Waals surface area contributed by atoms with E-state index in [1.54, 1.807) is 6.07 Å². The minimum atomic E-state index is 0.00992. The minimum absolute atomic E-state index is 0.00992. The number of nitrogens with one attached hydrogen (secondary N) is 1. The zero-order chi connectivity index (χ0) is 11.5. The second-order valence-corrected chi connectivity index (χ2v) is 4.51. The van der Waals surface area contributed by atoms with Gasteiger partial charge in [-0.25, -0.2) is 0 Å². The zero-order valence-corrected chi connectivity index (χ0v) is 10.7. The summed E-state index contributed by atoms with van der Waals surface area (Å²) in [5, 5.41) is 11.5. The fraction of sp³-hybridized carbons (Fsp3) is 0.600. The van der Waals surface area contributed by atoms with Crippen molar-refractivity contribution in [3.8, 4) is 0 Å². The first kappa shape index (κ1) is 12.5. The van der Waals surface area contributed by atoms with E-state index in [0.717, 1.165) is 18.5 Å². The van der Waals surface area contributed by atoms with Gasteiger partial charge in [-0.1, -0.05) is 37.0 Å². The van der Waals surface area contributed by atoms with E-state index in [2.05, 4.69) is 36.3 Å². The molecule has 1 aromatic heterocycles. The summed E-state index contributed by atoms with van der Waals surface area (Å²) < 4.78 is 0. The normalized spacial score (nSPS) is 11.5. The van der Waals surface area contributed by atoms with Crippen LogP contribution in [0.2, 0.25) is 10.3 Å². The molecule has 0 amide bonds. The molecule has 1 N–H and O–H groups in total. The van der Waals surface area contributed by atoms with E-state index in [0.29, 0.717) is 10.3 Å². The van der Waals surface area contributed by atoms with Crippen molar-refractivity contribution >= 4 is 28.9 Å². The molecule has 5 heteroatoms. The molecule has 15 heavy (non-hydrogen) atoms. The predicted molar refractivity (Wildman–Crippen MR) is 64.7 cm³/mol. The third kappa shape index (κ3) is 3.21. The fourth-order valence-corrected chi connectivity index (χ4v) is 1.48. The van der Waals surface area contributed by atoms with Crippen molar-refractivity contribution in [3.63, 3.8) is 0 Å². The first-order valence-electron chi connectivity index (χ1n) is 4.97. The molecule has 0 aliphatic carbocycles. The second-order valence-electron chi connectivity index (χ2n) is 3.76. The Labute approximate surface area is 100 Å². The lowest BCUT2D eigenvalue weighted by Crippen LogP contribution is -2.33. The van der Waals surface area contributed by atoms with Gasteiger partial charge in [0.05, 0.1) is 5.69 Å². The van der Waals surface area contributed by atoms with Crippen molar-refractivity contribution in [2.24, 2.45) is 0 Å². The third-order valence-corrected chi connectivity index (χ3v) is 3.18. The van der Waals surface area contributed by atoms with Gasteiger partial charge in [-0.15, -0.1) is 10.2 Å². The molecule has 1 heterocycles. The van der Waals surface area contributed by atoms with Crippen molar-refractivity contribution in [1.82, 2.24) is 10.2 Å². The Hall–Kier alpha value is -0.540. The van der Waals surface area contributed by atoms with Crippen LogP contribution in [0.3, 0.4) is 0 Å². The molecular weight excluding hydrogens is 233 g/mol. The lowest BCUT2D eigenvalue weighted by atomic mass is 9.95. The van der Waals surface area contributed by atoms with E-state index in [1.165, 1.54) is 0 Å². The van der Waals surface area contributed by atoms with Gasteiger partial charge in [-0.3, -0.25) is 0 Å². The molecular formula is C10H15Cl2N3. The van der Waals surface area contributed by atoms with Gasteiger partial charge in [-0.2, -0.15) is 0 Å². The van der Waals surface area contributed by atoms with E-state index in [4.69, 9.17) is 23.2 Å². The maximum Gasteiger partial charge on any atom is 0.174 e. The van der Waals surface area contributed by atoms with Gasteiger partial charge < -0.3 is 5.32 Å². The number of rotatable bonds is 4. The first-order valence-corrected chi connectivity index (χ1v) is 5.73. The van der Waals surface area contributed by atoms with Gasteiger partial charge >= 0.3 is 0 Å². The lowest BCUT2D eigenvalue weighted by Gasteiger charge is -2.29. The molecule has 0 aromatic carbocycles. The average Bonchev–Trinajstić information content (AvgIpc) is 2.23. The summed E-state index contributed by atoms with van der Waals surface area (Å²) in [5.74, 6) is 0. The van der Waals surface area contributed by atoms with Crippen molar-refractivity contribution in [1.29, 1.82) is 0 Å². The van der Waals surface area contributed by atoms with Crippen molar-refractivity contribution in [2.75, 3.05) is 5.32 Å². The van der Waals surface area contributed by atoms with Gasteiger partial charge in [0, 0.05) is 11.6 Å². The highest BCUT2D eigenvalue weighted by atomic mass is 35.5. The average molecular weight is 248 g/mol. The van der Waals surface area contributed by atoms with Gasteiger partial charge in [-0.05, 0) is 19.8 Å². The Kier molecular flexibility index (Phi) is 4.17. The van der Waals surface area contributed by atoms with Crippen LogP contribution < -0.4 is 5.32 Å². The molecule has 0 saturated heterocycles. The summed E-state index contributed by atoms with van der Waals surface area (Å²) in [7, 11) is 0. The van der Waals surface area contributed by atoms with Crippen LogP contribution in [-0.2, 0) is 0 Å².